The maximum atomic E-state index is 5.30. The molecule has 0 aliphatic carbocycles. The Morgan fingerprint density at radius 2 is 1.97 bits per heavy atom. The highest BCUT2D eigenvalue weighted by atomic mass is 16.5. The predicted molar refractivity (Wildman–Crippen MR) is 110 cm³/mol. The number of piperidine rings is 1. The van der Waals surface area contributed by atoms with Crippen molar-refractivity contribution in [1.82, 2.24) is 24.9 Å². The van der Waals surface area contributed by atoms with E-state index < -0.39 is 0 Å². The number of benzene rings is 1. The van der Waals surface area contributed by atoms with E-state index in [1.807, 2.05) is 31.3 Å². The second-order valence-electron chi connectivity index (χ2n) is 8.06. The highest BCUT2D eigenvalue weighted by molar-refractivity contribution is 5.61. The Labute approximate surface area is 170 Å². The lowest BCUT2D eigenvalue weighted by molar-refractivity contribution is 0.107. The first-order valence-electron chi connectivity index (χ1n) is 10.3. The summed E-state index contributed by atoms with van der Waals surface area (Å²) in [7, 11) is 1.70. The predicted octanol–water partition coefficient (Wildman–Crippen LogP) is 2.95. The van der Waals surface area contributed by atoms with Crippen LogP contribution in [-0.4, -0.2) is 46.4 Å². The lowest BCUT2D eigenvalue weighted by Crippen LogP contribution is -2.55. The maximum absolute atomic E-state index is 5.30. The average molecular weight is 393 g/mol. The van der Waals surface area contributed by atoms with E-state index in [1.54, 1.807) is 7.11 Å². The van der Waals surface area contributed by atoms with E-state index in [0.29, 0.717) is 0 Å². The topological polar surface area (TPSA) is 68.3 Å². The fourth-order valence-electron chi connectivity index (χ4n) is 4.68. The van der Waals surface area contributed by atoms with Crippen LogP contribution in [0.4, 0.5) is 0 Å². The minimum absolute atomic E-state index is 0.0424. The third-order valence-corrected chi connectivity index (χ3v) is 6.24. The van der Waals surface area contributed by atoms with Gasteiger partial charge in [-0.3, -0.25) is 4.90 Å². The normalized spacial score (nSPS) is 18.7. The Balaban J connectivity index is 1.35. The zero-order chi connectivity index (χ0) is 19.8. The van der Waals surface area contributed by atoms with Crippen LogP contribution in [-0.2, 0) is 18.6 Å². The number of rotatable bonds is 4. The van der Waals surface area contributed by atoms with Crippen molar-refractivity contribution in [1.29, 1.82) is 0 Å². The fraction of sp³-hybridized carbons (Fsp3) is 0.455. The van der Waals surface area contributed by atoms with Crippen LogP contribution in [0.5, 0.6) is 5.75 Å². The van der Waals surface area contributed by atoms with Crippen LogP contribution in [0.25, 0.3) is 11.3 Å². The third-order valence-electron chi connectivity index (χ3n) is 6.24. The molecule has 2 aliphatic heterocycles. The van der Waals surface area contributed by atoms with Gasteiger partial charge in [-0.2, -0.15) is 0 Å². The molecule has 1 aromatic carbocycles. The molecule has 0 amide bonds. The van der Waals surface area contributed by atoms with Crippen LogP contribution < -0.4 is 10.1 Å². The first kappa shape index (κ1) is 18.4. The Kier molecular flexibility index (Phi) is 4.64. The molecular weight excluding hydrogens is 366 g/mol. The number of imidazole rings is 1. The van der Waals surface area contributed by atoms with Crippen molar-refractivity contribution in [2.45, 2.75) is 38.4 Å². The molecule has 152 valence electrons. The van der Waals surface area contributed by atoms with Crippen LogP contribution in [0.15, 0.2) is 41.1 Å². The van der Waals surface area contributed by atoms with Crippen LogP contribution in [0.3, 0.4) is 0 Å². The minimum Gasteiger partial charge on any atom is -0.497 e. The molecule has 2 aliphatic rings. The minimum atomic E-state index is -0.0424. The van der Waals surface area contributed by atoms with Gasteiger partial charge >= 0.3 is 0 Å². The van der Waals surface area contributed by atoms with Gasteiger partial charge in [-0.15, -0.1) is 0 Å². The van der Waals surface area contributed by atoms with E-state index in [4.69, 9.17) is 14.2 Å². The molecule has 4 heterocycles. The summed E-state index contributed by atoms with van der Waals surface area (Å²) in [4.78, 5) is 7.34. The summed E-state index contributed by atoms with van der Waals surface area (Å²) in [6.45, 7) is 6.73. The van der Waals surface area contributed by atoms with Gasteiger partial charge in [0.1, 0.15) is 17.3 Å². The smallest absolute Gasteiger partial charge is 0.133 e. The van der Waals surface area contributed by atoms with E-state index in [9.17, 15) is 0 Å². The monoisotopic (exact) mass is 393 g/mol. The highest BCUT2D eigenvalue weighted by Crippen LogP contribution is 2.37. The van der Waals surface area contributed by atoms with Gasteiger partial charge in [-0.05, 0) is 44.0 Å². The first-order valence-corrected chi connectivity index (χ1v) is 10.3. The van der Waals surface area contributed by atoms with Crippen molar-refractivity contribution in [2.75, 3.05) is 26.7 Å². The second kappa shape index (κ2) is 7.31. The number of fused-ring (bicyclic) bond motifs is 2. The van der Waals surface area contributed by atoms with Gasteiger partial charge in [0.2, 0.25) is 0 Å². The van der Waals surface area contributed by atoms with Crippen molar-refractivity contribution < 1.29 is 9.26 Å². The Morgan fingerprint density at radius 3 is 2.66 bits per heavy atom. The number of methoxy groups -OCH3 is 1. The zero-order valence-electron chi connectivity index (χ0n) is 17.0. The lowest BCUT2D eigenvalue weighted by atomic mass is 9.85. The molecule has 29 heavy (non-hydrogen) atoms. The molecule has 0 unspecified atom stereocenters. The molecule has 2 aromatic heterocycles. The number of hydrogen-bond acceptors (Lipinski definition) is 6. The molecule has 0 radical (unpaired) electrons. The standard InChI is InChI=1S/C22H27N5O2/c1-16-13-18(25-29-16)15-26-10-7-22(8-11-26)21-23-14-20(27(21)12-9-24-22)17-3-5-19(28-2)6-4-17/h3-6,13-14,24H,7-12,15H2,1-2H3. The molecule has 1 fully saturated rings. The fourth-order valence-corrected chi connectivity index (χ4v) is 4.68. The summed E-state index contributed by atoms with van der Waals surface area (Å²) in [5.41, 5.74) is 3.34. The van der Waals surface area contributed by atoms with Crippen molar-refractivity contribution in [2.24, 2.45) is 0 Å². The van der Waals surface area contributed by atoms with Gasteiger partial charge in [0.05, 0.1) is 30.2 Å². The van der Waals surface area contributed by atoms with Crippen molar-refractivity contribution in [3.8, 4) is 17.0 Å². The molecule has 7 heteroatoms. The molecule has 0 atom stereocenters. The van der Waals surface area contributed by atoms with Gasteiger partial charge in [-0.1, -0.05) is 5.16 Å². The number of hydrogen-bond donors (Lipinski definition) is 1. The van der Waals surface area contributed by atoms with E-state index in [0.717, 1.165) is 62.8 Å². The van der Waals surface area contributed by atoms with Crippen LogP contribution in [0.1, 0.15) is 30.1 Å². The third kappa shape index (κ3) is 3.34. The van der Waals surface area contributed by atoms with Crippen molar-refractivity contribution >= 4 is 0 Å². The number of likely N-dealkylation sites (tertiary alicyclic amines) is 1. The molecule has 5 rings (SSSR count). The van der Waals surface area contributed by atoms with Crippen molar-refractivity contribution in [3.05, 3.63) is 53.8 Å². The Morgan fingerprint density at radius 1 is 1.17 bits per heavy atom. The SMILES string of the molecule is COc1ccc(-c2cnc3n2CCNC32CCN(Cc3cc(C)on3)CC2)cc1. The van der Waals surface area contributed by atoms with E-state index in [-0.39, 0.29) is 5.54 Å². The van der Waals surface area contributed by atoms with Gasteiger partial charge in [-0.25, -0.2) is 4.98 Å². The number of nitrogens with zero attached hydrogens (tertiary/aromatic N) is 4. The van der Waals surface area contributed by atoms with Gasteiger partial charge in [0, 0.05) is 44.4 Å². The number of aromatic nitrogens is 3. The lowest BCUT2D eigenvalue weighted by Gasteiger charge is -2.44. The second-order valence-corrected chi connectivity index (χ2v) is 8.06. The molecule has 1 spiro atoms. The summed E-state index contributed by atoms with van der Waals surface area (Å²) in [5.74, 6) is 2.92. The van der Waals surface area contributed by atoms with Crippen LogP contribution in [0, 0.1) is 6.92 Å². The zero-order valence-corrected chi connectivity index (χ0v) is 17.0. The summed E-state index contributed by atoms with van der Waals surface area (Å²) in [6, 6.07) is 10.3. The molecule has 7 nitrogen and oxygen atoms in total. The molecule has 1 saturated heterocycles. The summed E-state index contributed by atoms with van der Waals surface area (Å²) in [6.07, 6.45) is 4.11. The molecule has 3 aromatic rings. The Bertz CT molecular complexity index is 983. The quantitative estimate of drug-likeness (QED) is 0.735. The van der Waals surface area contributed by atoms with Gasteiger partial charge in [0.25, 0.3) is 0 Å². The molecule has 1 N–H and O–H groups in total. The van der Waals surface area contributed by atoms with Gasteiger partial charge < -0.3 is 19.1 Å². The molecular formula is C22H27N5O2. The van der Waals surface area contributed by atoms with E-state index in [1.165, 1.54) is 17.1 Å². The first-order chi connectivity index (χ1) is 14.2. The van der Waals surface area contributed by atoms with E-state index >= 15 is 0 Å². The highest BCUT2D eigenvalue weighted by Gasteiger charge is 2.42. The van der Waals surface area contributed by atoms with Crippen LogP contribution >= 0.6 is 0 Å². The largest absolute Gasteiger partial charge is 0.497 e. The number of aryl methyl sites for hydroxylation is 1. The molecule has 0 bridgehead atoms. The summed E-state index contributed by atoms with van der Waals surface area (Å²) in [5, 5.41) is 7.94. The van der Waals surface area contributed by atoms with E-state index in [2.05, 4.69) is 32.1 Å². The summed E-state index contributed by atoms with van der Waals surface area (Å²) < 4.78 is 12.9. The average Bonchev–Trinajstić information content (AvgIpc) is 3.37. The summed E-state index contributed by atoms with van der Waals surface area (Å²) >= 11 is 0. The Hall–Kier alpha value is -2.64. The maximum Gasteiger partial charge on any atom is 0.133 e. The van der Waals surface area contributed by atoms with Crippen LogP contribution in [0.2, 0.25) is 0 Å². The number of nitrogens with one attached hydrogen (secondary N) is 1. The molecule has 0 saturated carbocycles. The number of ether oxygens (including phenoxy) is 1. The van der Waals surface area contributed by atoms with Crippen molar-refractivity contribution in [3.63, 3.8) is 0 Å². The van der Waals surface area contributed by atoms with Gasteiger partial charge in [0.15, 0.2) is 0 Å².